The number of carbonyl (C=O) groups excluding carboxylic acids is 3. The SMILES string of the molecule is COc1ccc(C(=O)Nc2cccc3c2C(=O)NC3=O)cc1Cl. The fraction of sp³-hybridized carbons (Fsp3) is 0.0625. The Balaban J connectivity index is 1.92. The maximum Gasteiger partial charge on any atom is 0.261 e. The van der Waals surface area contributed by atoms with Crippen molar-refractivity contribution in [3.8, 4) is 5.75 Å². The lowest BCUT2D eigenvalue weighted by molar-refractivity contribution is 0.0879. The molecule has 0 spiro atoms. The van der Waals surface area contributed by atoms with Crippen LogP contribution in [0, 0.1) is 0 Å². The molecule has 0 saturated heterocycles. The summed E-state index contributed by atoms with van der Waals surface area (Å²) in [7, 11) is 1.48. The number of rotatable bonds is 3. The molecule has 0 atom stereocenters. The van der Waals surface area contributed by atoms with Crippen molar-refractivity contribution >= 4 is 35.0 Å². The van der Waals surface area contributed by atoms with Crippen LogP contribution in [-0.4, -0.2) is 24.8 Å². The van der Waals surface area contributed by atoms with Gasteiger partial charge in [0.2, 0.25) is 0 Å². The van der Waals surface area contributed by atoms with E-state index in [1.807, 2.05) is 0 Å². The highest BCUT2D eigenvalue weighted by atomic mass is 35.5. The molecule has 3 amide bonds. The van der Waals surface area contributed by atoms with E-state index in [1.165, 1.54) is 19.2 Å². The summed E-state index contributed by atoms with van der Waals surface area (Å²) < 4.78 is 5.03. The Hall–Kier alpha value is -2.86. The molecule has 0 unspecified atom stereocenters. The molecule has 0 bridgehead atoms. The number of ether oxygens (including phenoxy) is 1. The largest absolute Gasteiger partial charge is 0.495 e. The van der Waals surface area contributed by atoms with Crippen molar-refractivity contribution in [2.75, 3.05) is 12.4 Å². The molecule has 1 aliphatic rings. The lowest BCUT2D eigenvalue weighted by atomic mass is 10.1. The van der Waals surface area contributed by atoms with Crippen molar-refractivity contribution in [3.05, 3.63) is 58.1 Å². The molecule has 116 valence electrons. The molecule has 0 saturated carbocycles. The van der Waals surface area contributed by atoms with Crippen LogP contribution in [0.2, 0.25) is 5.02 Å². The molecule has 23 heavy (non-hydrogen) atoms. The van der Waals surface area contributed by atoms with Crippen molar-refractivity contribution in [3.63, 3.8) is 0 Å². The molecular weight excluding hydrogens is 320 g/mol. The van der Waals surface area contributed by atoms with Gasteiger partial charge in [0, 0.05) is 5.56 Å². The van der Waals surface area contributed by atoms with E-state index in [9.17, 15) is 14.4 Å². The minimum Gasteiger partial charge on any atom is -0.495 e. The maximum absolute atomic E-state index is 12.3. The number of hydrogen-bond acceptors (Lipinski definition) is 4. The quantitative estimate of drug-likeness (QED) is 0.847. The van der Waals surface area contributed by atoms with Crippen molar-refractivity contribution in [2.45, 2.75) is 0 Å². The van der Waals surface area contributed by atoms with Crippen LogP contribution in [0.15, 0.2) is 36.4 Å². The summed E-state index contributed by atoms with van der Waals surface area (Å²) in [4.78, 5) is 35.8. The minimum absolute atomic E-state index is 0.158. The first-order valence-corrected chi connectivity index (χ1v) is 7.02. The van der Waals surface area contributed by atoms with E-state index in [0.29, 0.717) is 16.3 Å². The molecule has 6 nitrogen and oxygen atoms in total. The Morgan fingerprint density at radius 2 is 1.96 bits per heavy atom. The molecule has 0 aromatic heterocycles. The van der Waals surface area contributed by atoms with Gasteiger partial charge in [-0.3, -0.25) is 19.7 Å². The molecule has 0 aliphatic carbocycles. The lowest BCUT2D eigenvalue weighted by Crippen LogP contribution is -2.20. The summed E-state index contributed by atoms with van der Waals surface area (Å²) in [5.41, 5.74) is 0.965. The predicted octanol–water partition coefficient (Wildman–Crippen LogP) is 2.48. The number of hydrogen-bond donors (Lipinski definition) is 2. The van der Waals surface area contributed by atoms with Crippen LogP contribution in [0.3, 0.4) is 0 Å². The van der Waals surface area contributed by atoms with Crippen LogP contribution < -0.4 is 15.4 Å². The third kappa shape index (κ3) is 2.64. The van der Waals surface area contributed by atoms with Crippen LogP contribution >= 0.6 is 11.6 Å². The Morgan fingerprint density at radius 3 is 2.65 bits per heavy atom. The highest BCUT2D eigenvalue weighted by Gasteiger charge is 2.29. The fourth-order valence-corrected chi connectivity index (χ4v) is 2.58. The number of amides is 3. The van der Waals surface area contributed by atoms with Crippen molar-refractivity contribution in [2.24, 2.45) is 0 Å². The molecule has 1 heterocycles. The molecule has 7 heteroatoms. The van der Waals surface area contributed by atoms with Crippen LogP contribution in [0.1, 0.15) is 31.1 Å². The number of nitrogens with one attached hydrogen (secondary N) is 2. The van der Waals surface area contributed by atoms with Gasteiger partial charge >= 0.3 is 0 Å². The van der Waals surface area contributed by atoms with Gasteiger partial charge in [0.1, 0.15) is 5.75 Å². The van der Waals surface area contributed by atoms with Gasteiger partial charge in [0.05, 0.1) is 28.9 Å². The Labute approximate surface area is 136 Å². The zero-order chi connectivity index (χ0) is 16.6. The number of halogens is 1. The summed E-state index contributed by atoms with van der Waals surface area (Å²) in [5.74, 6) is -1.01. The summed E-state index contributed by atoms with van der Waals surface area (Å²) in [6, 6.07) is 9.25. The topological polar surface area (TPSA) is 84.5 Å². The third-order valence-electron chi connectivity index (χ3n) is 3.43. The zero-order valence-electron chi connectivity index (χ0n) is 12.0. The average Bonchev–Trinajstić information content (AvgIpc) is 2.83. The Kier molecular flexibility index (Phi) is 3.75. The van der Waals surface area contributed by atoms with Gasteiger partial charge in [-0.15, -0.1) is 0 Å². The summed E-state index contributed by atoms with van der Waals surface area (Å²) in [6.45, 7) is 0. The first-order chi connectivity index (χ1) is 11.0. The summed E-state index contributed by atoms with van der Waals surface area (Å²) in [5, 5.41) is 5.11. The molecule has 1 aliphatic heterocycles. The Bertz CT molecular complexity index is 848. The first-order valence-electron chi connectivity index (χ1n) is 6.65. The highest BCUT2D eigenvalue weighted by Crippen LogP contribution is 2.27. The fourth-order valence-electron chi connectivity index (χ4n) is 2.33. The smallest absolute Gasteiger partial charge is 0.261 e. The number of fused-ring (bicyclic) bond motifs is 1. The second-order valence-electron chi connectivity index (χ2n) is 4.81. The summed E-state index contributed by atoms with van der Waals surface area (Å²) in [6.07, 6.45) is 0. The second kappa shape index (κ2) is 5.73. The molecule has 3 rings (SSSR count). The van der Waals surface area contributed by atoms with Crippen LogP contribution in [-0.2, 0) is 0 Å². The maximum atomic E-state index is 12.3. The van der Waals surface area contributed by atoms with E-state index in [4.69, 9.17) is 16.3 Å². The zero-order valence-corrected chi connectivity index (χ0v) is 12.7. The first kappa shape index (κ1) is 15.1. The van der Waals surface area contributed by atoms with Gasteiger partial charge in [-0.1, -0.05) is 17.7 Å². The van der Waals surface area contributed by atoms with Crippen molar-refractivity contribution in [1.29, 1.82) is 0 Å². The van der Waals surface area contributed by atoms with Crippen LogP contribution in [0.4, 0.5) is 5.69 Å². The molecule has 0 fully saturated rings. The van der Waals surface area contributed by atoms with E-state index in [1.54, 1.807) is 24.3 Å². The predicted molar refractivity (Wildman–Crippen MR) is 84.2 cm³/mol. The highest BCUT2D eigenvalue weighted by molar-refractivity contribution is 6.32. The van der Waals surface area contributed by atoms with Crippen LogP contribution in [0.5, 0.6) is 5.75 Å². The van der Waals surface area contributed by atoms with Gasteiger partial charge in [-0.2, -0.15) is 0 Å². The van der Waals surface area contributed by atoms with Crippen molar-refractivity contribution < 1.29 is 19.1 Å². The minimum atomic E-state index is -0.534. The second-order valence-corrected chi connectivity index (χ2v) is 5.22. The Morgan fingerprint density at radius 1 is 1.17 bits per heavy atom. The van der Waals surface area contributed by atoms with Gasteiger partial charge in [-0.25, -0.2) is 0 Å². The molecular formula is C16H11ClN2O4. The van der Waals surface area contributed by atoms with Gasteiger partial charge in [-0.05, 0) is 30.3 Å². The van der Waals surface area contributed by atoms with E-state index < -0.39 is 17.7 Å². The van der Waals surface area contributed by atoms with E-state index in [-0.39, 0.29) is 16.8 Å². The molecule has 0 radical (unpaired) electrons. The third-order valence-corrected chi connectivity index (χ3v) is 3.72. The van der Waals surface area contributed by atoms with E-state index in [2.05, 4.69) is 10.6 Å². The lowest BCUT2D eigenvalue weighted by Gasteiger charge is -2.09. The standard InChI is InChI=1S/C16H11ClN2O4/c1-23-12-6-5-8(7-10(12)17)14(20)18-11-4-2-3-9-13(11)16(22)19-15(9)21/h2-7H,1H3,(H,18,20)(H,19,21,22). The van der Waals surface area contributed by atoms with E-state index in [0.717, 1.165) is 0 Å². The molecule has 2 aromatic carbocycles. The average molecular weight is 331 g/mol. The number of anilines is 1. The molecule has 2 N–H and O–H groups in total. The number of imide groups is 1. The van der Waals surface area contributed by atoms with Crippen molar-refractivity contribution in [1.82, 2.24) is 5.32 Å². The van der Waals surface area contributed by atoms with Gasteiger partial charge < -0.3 is 10.1 Å². The number of benzene rings is 2. The monoisotopic (exact) mass is 330 g/mol. The van der Waals surface area contributed by atoms with Gasteiger partial charge in [0.15, 0.2) is 0 Å². The van der Waals surface area contributed by atoms with E-state index >= 15 is 0 Å². The number of methoxy groups -OCH3 is 1. The number of carbonyl (C=O) groups is 3. The summed E-state index contributed by atoms with van der Waals surface area (Å²) >= 11 is 6.00. The van der Waals surface area contributed by atoms with Crippen LogP contribution in [0.25, 0.3) is 0 Å². The van der Waals surface area contributed by atoms with Gasteiger partial charge in [0.25, 0.3) is 17.7 Å². The molecule has 2 aromatic rings. The normalized spacial score (nSPS) is 12.6.